The third kappa shape index (κ3) is 3.99. The number of carbonyl (C=O) groups excluding carboxylic acids is 1. The van der Waals surface area contributed by atoms with Crippen molar-refractivity contribution in [3.63, 3.8) is 0 Å². The van der Waals surface area contributed by atoms with Crippen molar-refractivity contribution < 1.29 is 9.18 Å². The molecule has 104 valence electrons. The average Bonchev–Trinajstić information content (AvgIpc) is 2.43. The molecule has 1 N–H and O–H groups in total. The summed E-state index contributed by atoms with van der Waals surface area (Å²) in [5.41, 5.74) is 1.40. The van der Waals surface area contributed by atoms with Gasteiger partial charge in [0.25, 0.3) is 0 Å². The number of anilines is 1. The molecule has 0 radical (unpaired) electrons. The molecule has 2 aromatic rings. The van der Waals surface area contributed by atoms with Gasteiger partial charge in [-0.3, -0.25) is 4.79 Å². The molecule has 0 bridgehead atoms. The molecule has 0 aliphatic rings. The summed E-state index contributed by atoms with van der Waals surface area (Å²) >= 11 is 10.2. The second kappa shape index (κ2) is 6.77. The first-order valence-corrected chi connectivity index (χ1v) is 6.93. The zero-order valence-corrected chi connectivity index (χ0v) is 12.2. The van der Waals surface area contributed by atoms with Gasteiger partial charge in [-0.05, 0) is 30.2 Å². The summed E-state index contributed by atoms with van der Waals surface area (Å²) in [6.45, 7) is 0. The number of carbonyl (C=O) groups is 1. The number of thiol groups is 1. The Labute approximate surface area is 127 Å². The third-order valence-corrected chi connectivity index (χ3v) is 3.49. The fourth-order valence-corrected chi connectivity index (χ4v) is 2.23. The van der Waals surface area contributed by atoms with Crippen LogP contribution in [0.25, 0.3) is 0 Å². The van der Waals surface area contributed by atoms with E-state index in [9.17, 15) is 9.18 Å². The lowest BCUT2D eigenvalue weighted by Gasteiger charge is -2.12. The average molecular weight is 310 g/mol. The molecule has 2 aromatic carbocycles. The molecule has 0 spiro atoms. The van der Waals surface area contributed by atoms with Crippen LogP contribution in [0.1, 0.15) is 5.56 Å². The molecule has 0 saturated heterocycles. The molecule has 20 heavy (non-hydrogen) atoms. The maximum Gasteiger partial charge on any atom is 0.237 e. The van der Waals surface area contributed by atoms with Crippen LogP contribution in [0.3, 0.4) is 0 Å². The summed E-state index contributed by atoms with van der Waals surface area (Å²) < 4.78 is 12.9. The number of amides is 1. The lowest BCUT2D eigenvalue weighted by Crippen LogP contribution is -2.25. The van der Waals surface area contributed by atoms with Crippen molar-refractivity contribution in [2.24, 2.45) is 0 Å². The minimum atomic E-state index is -0.501. The van der Waals surface area contributed by atoms with Gasteiger partial charge in [0.05, 0.1) is 16.0 Å². The largest absolute Gasteiger partial charge is 0.324 e. The van der Waals surface area contributed by atoms with E-state index < -0.39 is 11.1 Å². The van der Waals surface area contributed by atoms with E-state index in [-0.39, 0.29) is 10.9 Å². The Morgan fingerprint density at radius 2 is 1.95 bits per heavy atom. The maximum absolute atomic E-state index is 12.9. The van der Waals surface area contributed by atoms with Gasteiger partial charge in [-0.25, -0.2) is 4.39 Å². The van der Waals surface area contributed by atoms with E-state index in [1.54, 1.807) is 0 Å². The summed E-state index contributed by atoms with van der Waals surface area (Å²) in [4.78, 5) is 12.0. The number of rotatable bonds is 4. The molecular formula is C15H13ClFNOS. The van der Waals surface area contributed by atoms with Gasteiger partial charge in [-0.15, -0.1) is 0 Å². The van der Waals surface area contributed by atoms with Gasteiger partial charge in [0, 0.05) is 0 Å². The minimum absolute atomic E-state index is 0.165. The smallest absolute Gasteiger partial charge is 0.237 e. The first-order chi connectivity index (χ1) is 9.56. The zero-order valence-electron chi connectivity index (χ0n) is 10.5. The zero-order chi connectivity index (χ0) is 14.5. The fraction of sp³-hybridized carbons (Fsp3) is 0.133. The molecule has 2 nitrogen and oxygen atoms in total. The molecule has 0 saturated carbocycles. The van der Waals surface area contributed by atoms with Gasteiger partial charge in [0.2, 0.25) is 5.91 Å². The van der Waals surface area contributed by atoms with E-state index in [1.165, 1.54) is 12.1 Å². The summed E-state index contributed by atoms with van der Waals surface area (Å²) in [5, 5.41) is 2.31. The van der Waals surface area contributed by atoms with E-state index in [1.807, 2.05) is 30.3 Å². The second-order valence-electron chi connectivity index (χ2n) is 4.32. The van der Waals surface area contributed by atoms with Gasteiger partial charge in [0.15, 0.2) is 0 Å². The fourth-order valence-electron chi connectivity index (χ4n) is 1.74. The van der Waals surface area contributed by atoms with Crippen molar-refractivity contribution in [2.75, 3.05) is 5.32 Å². The van der Waals surface area contributed by atoms with Crippen LogP contribution >= 0.6 is 24.2 Å². The predicted molar refractivity (Wildman–Crippen MR) is 83.0 cm³/mol. The van der Waals surface area contributed by atoms with Gasteiger partial charge in [-0.2, -0.15) is 12.6 Å². The van der Waals surface area contributed by atoms with E-state index >= 15 is 0 Å². The quantitative estimate of drug-likeness (QED) is 0.823. The van der Waals surface area contributed by atoms with Crippen LogP contribution < -0.4 is 5.32 Å². The number of hydrogen-bond donors (Lipinski definition) is 2. The lowest BCUT2D eigenvalue weighted by molar-refractivity contribution is -0.115. The maximum atomic E-state index is 12.9. The van der Waals surface area contributed by atoms with Gasteiger partial charge >= 0.3 is 0 Å². The molecule has 0 heterocycles. The van der Waals surface area contributed by atoms with E-state index in [4.69, 9.17) is 11.6 Å². The van der Waals surface area contributed by atoms with Crippen LogP contribution in [0.5, 0.6) is 0 Å². The van der Waals surface area contributed by atoms with Crippen molar-refractivity contribution in [1.82, 2.24) is 0 Å². The number of halogens is 2. The van der Waals surface area contributed by atoms with Crippen LogP contribution in [0.15, 0.2) is 48.5 Å². The highest BCUT2D eigenvalue weighted by atomic mass is 35.5. The van der Waals surface area contributed by atoms with Crippen molar-refractivity contribution in [2.45, 2.75) is 11.7 Å². The monoisotopic (exact) mass is 309 g/mol. The van der Waals surface area contributed by atoms with Gasteiger partial charge < -0.3 is 5.32 Å². The topological polar surface area (TPSA) is 29.1 Å². The molecule has 1 amide bonds. The first kappa shape index (κ1) is 14.9. The lowest BCUT2D eigenvalue weighted by atomic mass is 10.1. The number of hydrogen-bond acceptors (Lipinski definition) is 2. The Morgan fingerprint density at radius 1 is 1.25 bits per heavy atom. The highest BCUT2D eigenvalue weighted by Gasteiger charge is 2.16. The van der Waals surface area contributed by atoms with Crippen LogP contribution in [0.4, 0.5) is 10.1 Å². The van der Waals surface area contributed by atoms with Crippen molar-refractivity contribution >= 4 is 35.8 Å². The number of nitrogens with one attached hydrogen (secondary N) is 1. The summed E-state index contributed by atoms with van der Waals surface area (Å²) in [5.74, 6) is -0.717. The molecule has 1 atom stereocenters. The highest BCUT2D eigenvalue weighted by molar-refractivity contribution is 7.81. The van der Waals surface area contributed by atoms with Crippen molar-refractivity contribution in [3.8, 4) is 0 Å². The Hall–Kier alpha value is -1.52. The summed E-state index contributed by atoms with van der Waals surface area (Å²) in [6, 6.07) is 13.4. The molecule has 2 rings (SSSR count). The van der Waals surface area contributed by atoms with Crippen molar-refractivity contribution in [3.05, 3.63) is 64.9 Å². The van der Waals surface area contributed by atoms with E-state index in [0.29, 0.717) is 12.1 Å². The summed E-state index contributed by atoms with van der Waals surface area (Å²) in [7, 11) is 0. The molecule has 0 aliphatic carbocycles. The molecule has 0 aliphatic heterocycles. The third-order valence-electron chi connectivity index (χ3n) is 2.76. The molecule has 1 unspecified atom stereocenters. The van der Waals surface area contributed by atoms with Gasteiger partial charge in [-0.1, -0.05) is 41.9 Å². The van der Waals surface area contributed by atoms with Crippen LogP contribution in [-0.2, 0) is 11.2 Å². The number of benzene rings is 2. The molecule has 5 heteroatoms. The van der Waals surface area contributed by atoms with E-state index in [2.05, 4.69) is 17.9 Å². The highest BCUT2D eigenvalue weighted by Crippen LogP contribution is 2.23. The molecule has 0 fully saturated rings. The first-order valence-electron chi connectivity index (χ1n) is 6.04. The summed E-state index contributed by atoms with van der Waals surface area (Å²) in [6.07, 6.45) is 0.509. The Bertz CT molecular complexity index is 606. The Kier molecular flexibility index (Phi) is 5.04. The van der Waals surface area contributed by atoms with Crippen LogP contribution in [0, 0.1) is 5.82 Å². The standard InChI is InChI=1S/C15H13ClFNOS/c16-12-9-11(17)6-7-13(12)18-15(19)14(20)8-10-4-2-1-3-5-10/h1-7,9,14,20H,8H2,(H,18,19). The minimum Gasteiger partial charge on any atom is -0.324 e. The molecular weight excluding hydrogens is 297 g/mol. The van der Waals surface area contributed by atoms with Gasteiger partial charge in [0.1, 0.15) is 5.82 Å². The molecule has 0 aromatic heterocycles. The Morgan fingerprint density at radius 3 is 2.60 bits per heavy atom. The van der Waals surface area contributed by atoms with E-state index in [0.717, 1.165) is 11.6 Å². The Balaban J connectivity index is 2.01. The SMILES string of the molecule is O=C(Nc1ccc(F)cc1Cl)C(S)Cc1ccccc1. The predicted octanol–water partition coefficient (Wildman–Crippen LogP) is 3.96. The van der Waals surface area contributed by atoms with Crippen LogP contribution in [0.2, 0.25) is 5.02 Å². The van der Waals surface area contributed by atoms with Crippen LogP contribution in [-0.4, -0.2) is 11.2 Å². The normalized spacial score (nSPS) is 11.9. The van der Waals surface area contributed by atoms with Crippen molar-refractivity contribution in [1.29, 1.82) is 0 Å². The second-order valence-corrected chi connectivity index (χ2v) is 5.35.